The Morgan fingerprint density at radius 3 is 2.44 bits per heavy atom. The van der Waals surface area contributed by atoms with Gasteiger partial charge in [-0.3, -0.25) is 4.98 Å². The number of aromatic nitrogens is 1. The predicted molar refractivity (Wildman–Crippen MR) is 202 cm³/mol. The Morgan fingerprint density at radius 2 is 1.62 bits per heavy atom. The topological polar surface area (TPSA) is 50.9 Å². The molecule has 4 aliphatic carbocycles. The van der Waals surface area contributed by atoms with E-state index in [0.29, 0.717) is 22.7 Å². The van der Waals surface area contributed by atoms with Gasteiger partial charge >= 0.3 is 0 Å². The maximum atomic E-state index is 7.66. The summed E-state index contributed by atoms with van der Waals surface area (Å²) in [4.78, 5) is 4.83. The van der Waals surface area contributed by atoms with Crippen LogP contribution in [0.2, 0.25) is 0 Å². The van der Waals surface area contributed by atoms with Crippen LogP contribution in [0.15, 0.2) is 91.3 Å². The Balaban J connectivity index is 0.983. The van der Waals surface area contributed by atoms with Gasteiger partial charge in [0, 0.05) is 34.7 Å². The summed E-state index contributed by atoms with van der Waals surface area (Å²) in [5.74, 6) is 3.77. The van der Waals surface area contributed by atoms with Crippen molar-refractivity contribution in [1.82, 2.24) is 4.98 Å². The quantitative estimate of drug-likeness (QED) is 0.219. The van der Waals surface area contributed by atoms with Crippen molar-refractivity contribution >= 4 is 5.69 Å². The van der Waals surface area contributed by atoms with E-state index in [2.05, 4.69) is 99.4 Å². The maximum absolute atomic E-state index is 7.66. The van der Waals surface area contributed by atoms with Gasteiger partial charge in [-0.25, -0.2) is 0 Å². The molecule has 0 bridgehead atoms. The lowest BCUT2D eigenvalue weighted by Gasteiger charge is -2.65. The van der Waals surface area contributed by atoms with Crippen LogP contribution in [-0.2, 0) is 6.42 Å². The number of para-hydroxylation sites is 1. The number of hydrogen-bond donors (Lipinski definition) is 2. The summed E-state index contributed by atoms with van der Waals surface area (Å²) in [6.07, 6.45) is 20.2. The van der Waals surface area contributed by atoms with Gasteiger partial charge < -0.3 is 11.1 Å². The second-order valence-corrected chi connectivity index (χ2v) is 17.1. The zero-order chi connectivity index (χ0) is 33.4. The average Bonchev–Trinajstić information content (AvgIpc) is 3.45. The molecule has 4 fully saturated rings. The van der Waals surface area contributed by atoms with Crippen molar-refractivity contribution in [3.8, 4) is 0 Å². The molecule has 0 saturated heterocycles. The molecule has 0 spiro atoms. The molecule has 3 aromatic rings. The first-order valence-corrected chi connectivity index (χ1v) is 19.5. The van der Waals surface area contributed by atoms with E-state index in [4.69, 9.17) is 10.7 Å². The molecule has 0 aliphatic heterocycles. The number of nitrogens with one attached hydrogen (secondary N) is 1. The second kappa shape index (κ2) is 13.8. The van der Waals surface area contributed by atoms with E-state index in [1.54, 1.807) is 0 Å². The summed E-state index contributed by atoms with van der Waals surface area (Å²) in [6, 6.07) is 26.0. The van der Waals surface area contributed by atoms with Crippen LogP contribution in [0.5, 0.6) is 0 Å². The Hall–Kier alpha value is -2.91. The smallest absolute Gasteiger partial charge is 0.0443 e. The minimum absolute atomic E-state index is 0.0599. The SMILES string of the molecule is C=C(CCCC1CCC2C1(C)CCC1C3(C)CCCCC3CCC12N)Nc1ccccc1C[C@H](c1ccccn1)C(C)c1ccccc1. The van der Waals surface area contributed by atoms with Gasteiger partial charge in [0.05, 0.1) is 0 Å². The summed E-state index contributed by atoms with van der Waals surface area (Å²) in [5.41, 5.74) is 14.8. The summed E-state index contributed by atoms with van der Waals surface area (Å²) < 4.78 is 0. The van der Waals surface area contributed by atoms with Crippen LogP contribution in [0.1, 0.15) is 133 Å². The third-order valence-corrected chi connectivity index (χ3v) is 14.8. The molecule has 1 heterocycles. The summed E-state index contributed by atoms with van der Waals surface area (Å²) in [6.45, 7) is 12.2. The van der Waals surface area contributed by atoms with E-state index in [0.717, 1.165) is 42.0 Å². The zero-order valence-corrected chi connectivity index (χ0v) is 30.1. The van der Waals surface area contributed by atoms with Crippen molar-refractivity contribution in [3.05, 3.63) is 108 Å². The van der Waals surface area contributed by atoms with Crippen LogP contribution in [0.25, 0.3) is 0 Å². The largest absolute Gasteiger partial charge is 0.359 e. The molecule has 0 amide bonds. The van der Waals surface area contributed by atoms with Gasteiger partial charge in [0.2, 0.25) is 0 Å². The molecule has 8 unspecified atom stereocenters. The molecular weight excluding hydrogens is 583 g/mol. The second-order valence-electron chi connectivity index (χ2n) is 17.1. The van der Waals surface area contributed by atoms with Crippen LogP contribution in [-0.4, -0.2) is 10.5 Å². The van der Waals surface area contributed by atoms with Gasteiger partial charge in [-0.1, -0.05) is 94.8 Å². The normalized spacial score (nSPS) is 33.9. The van der Waals surface area contributed by atoms with Gasteiger partial charge in [-0.2, -0.15) is 0 Å². The first kappa shape index (κ1) is 33.6. The van der Waals surface area contributed by atoms with Crippen molar-refractivity contribution in [1.29, 1.82) is 0 Å². The minimum atomic E-state index is 0.0599. The lowest BCUT2D eigenvalue weighted by atomic mass is 9.42. The average molecular weight is 644 g/mol. The molecule has 0 radical (unpaired) electrons. The number of allylic oxidation sites excluding steroid dienone is 1. The fourth-order valence-electron chi connectivity index (χ4n) is 12.1. The van der Waals surface area contributed by atoms with E-state index in [9.17, 15) is 0 Å². The van der Waals surface area contributed by atoms with E-state index in [-0.39, 0.29) is 11.5 Å². The van der Waals surface area contributed by atoms with Gasteiger partial charge in [0.25, 0.3) is 0 Å². The highest BCUT2D eigenvalue weighted by Gasteiger charge is 2.64. The molecule has 3 N–H and O–H groups in total. The van der Waals surface area contributed by atoms with E-state index >= 15 is 0 Å². The number of fused-ring (bicyclic) bond motifs is 5. The Labute approximate surface area is 291 Å². The fraction of sp³-hybridized carbons (Fsp3) is 0.578. The van der Waals surface area contributed by atoms with Crippen molar-refractivity contribution in [2.24, 2.45) is 40.2 Å². The van der Waals surface area contributed by atoms with Gasteiger partial charge in [-0.05, 0) is 147 Å². The Morgan fingerprint density at radius 1 is 0.854 bits per heavy atom. The highest BCUT2D eigenvalue weighted by molar-refractivity contribution is 5.55. The van der Waals surface area contributed by atoms with E-state index in [1.807, 2.05) is 12.3 Å². The van der Waals surface area contributed by atoms with Crippen molar-refractivity contribution < 1.29 is 0 Å². The Kier molecular flexibility index (Phi) is 9.64. The predicted octanol–water partition coefficient (Wildman–Crippen LogP) is 11.4. The van der Waals surface area contributed by atoms with Gasteiger partial charge in [0.1, 0.15) is 0 Å². The van der Waals surface area contributed by atoms with E-state index in [1.165, 1.54) is 93.9 Å². The molecule has 7 rings (SSSR count). The van der Waals surface area contributed by atoms with Crippen molar-refractivity contribution in [2.45, 2.75) is 128 Å². The number of nitrogens with zero attached hydrogens (tertiary/aromatic N) is 1. The lowest BCUT2D eigenvalue weighted by molar-refractivity contribution is -0.126. The molecular formula is C45H61N3. The molecule has 48 heavy (non-hydrogen) atoms. The molecule has 3 nitrogen and oxygen atoms in total. The third-order valence-electron chi connectivity index (χ3n) is 14.8. The number of rotatable bonds is 11. The summed E-state index contributed by atoms with van der Waals surface area (Å²) >= 11 is 0. The monoisotopic (exact) mass is 643 g/mol. The van der Waals surface area contributed by atoms with Crippen molar-refractivity contribution in [2.75, 3.05) is 5.32 Å². The first-order chi connectivity index (χ1) is 23.2. The van der Waals surface area contributed by atoms with Crippen LogP contribution in [0, 0.1) is 34.5 Å². The minimum Gasteiger partial charge on any atom is -0.359 e. The molecule has 1 aromatic heterocycles. The molecule has 4 saturated carbocycles. The first-order valence-electron chi connectivity index (χ1n) is 19.5. The third kappa shape index (κ3) is 6.19. The Bertz CT molecular complexity index is 1530. The summed E-state index contributed by atoms with van der Waals surface area (Å²) in [5, 5.41) is 3.78. The molecule has 256 valence electrons. The standard InChI is InChI=1S/C45H61N3/c1-32(48-39-21-9-8-18-35(39)31-38(40-22-11-13-30-47-40)33(2)34-16-6-5-7-17-34)15-14-20-36-23-24-41-44(36,4)28-26-42-43(3)27-12-10-19-37(43)25-29-45(41,42)46/h5-9,11,13,16-18,21-22,30,33,36-38,41-42,48H,1,10,12,14-15,19-20,23-29,31,46H2,2-4H3/t33?,36?,37?,38-,41?,42?,43?,44?,45?/m0/s1. The molecule has 3 heteroatoms. The van der Waals surface area contributed by atoms with E-state index < -0.39 is 0 Å². The van der Waals surface area contributed by atoms with Crippen LogP contribution >= 0.6 is 0 Å². The number of benzene rings is 2. The zero-order valence-electron chi connectivity index (χ0n) is 30.1. The van der Waals surface area contributed by atoms with Crippen molar-refractivity contribution in [3.63, 3.8) is 0 Å². The highest BCUT2D eigenvalue weighted by atomic mass is 14.9. The van der Waals surface area contributed by atoms with Gasteiger partial charge in [-0.15, -0.1) is 0 Å². The summed E-state index contributed by atoms with van der Waals surface area (Å²) in [7, 11) is 0. The number of pyridine rings is 1. The van der Waals surface area contributed by atoms with Gasteiger partial charge in [0.15, 0.2) is 0 Å². The lowest BCUT2D eigenvalue weighted by Crippen LogP contribution is -2.67. The highest BCUT2D eigenvalue weighted by Crippen LogP contribution is 2.68. The number of nitrogens with two attached hydrogens (primary N) is 1. The fourth-order valence-corrected chi connectivity index (χ4v) is 12.1. The maximum Gasteiger partial charge on any atom is 0.0443 e. The van der Waals surface area contributed by atoms with Crippen LogP contribution < -0.4 is 11.1 Å². The molecule has 2 aromatic carbocycles. The molecule has 4 aliphatic rings. The van der Waals surface area contributed by atoms with Crippen LogP contribution in [0.3, 0.4) is 0 Å². The number of anilines is 1. The van der Waals surface area contributed by atoms with Crippen LogP contribution in [0.4, 0.5) is 5.69 Å². The molecule has 9 atom stereocenters. The number of hydrogen-bond acceptors (Lipinski definition) is 3.